The van der Waals surface area contributed by atoms with E-state index in [1.165, 1.54) is 0 Å². The van der Waals surface area contributed by atoms with Crippen LogP contribution in [0, 0.1) is 0 Å². The van der Waals surface area contributed by atoms with Crippen LogP contribution < -0.4 is 15.4 Å². The first-order valence-electron chi connectivity index (χ1n) is 7.61. The van der Waals surface area contributed by atoms with Crippen LogP contribution in [-0.4, -0.2) is 24.4 Å². The fourth-order valence-corrected chi connectivity index (χ4v) is 2.09. The SMILES string of the molecule is O=C(CNC(=O)c1cccc(Oc2ccccc2)c1)NC1CC1. The molecule has 0 bridgehead atoms. The third-order valence-corrected chi connectivity index (χ3v) is 3.43. The molecule has 0 atom stereocenters. The minimum Gasteiger partial charge on any atom is -0.457 e. The lowest BCUT2D eigenvalue weighted by atomic mass is 10.2. The van der Waals surface area contributed by atoms with Gasteiger partial charge in [0.1, 0.15) is 11.5 Å². The Morgan fingerprint density at radius 1 is 1.00 bits per heavy atom. The van der Waals surface area contributed by atoms with Gasteiger partial charge in [0.15, 0.2) is 0 Å². The number of hydrogen-bond acceptors (Lipinski definition) is 3. The molecule has 5 nitrogen and oxygen atoms in total. The Morgan fingerprint density at radius 2 is 1.74 bits per heavy atom. The third-order valence-electron chi connectivity index (χ3n) is 3.43. The summed E-state index contributed by atoms with van der Waals surface area (Å²) in [5.41, 5.74) is 0.456. The van der Waals surface area contributed by atoms with Gasteiger partial charge in [-0.25, -0.2) is 0 Å². The van der Waals surface area contributed by atoms with Gasteiger partial charge in [-0.1, -0.05) is 24.3 Å². The van der Waals surface area contributed by atoms with Crippen molar-refractivity contribution >= 4 is 11.8 Å². The van der Waals surface area contributed by atoms with Crippen molar-refractivity contribution in [1.82, 2.24) is 10.6 Å². The van der Waals surface area contributed by atoms with Gasteiger partial charge in [0, 0.05) is 11.6 Å². The number of para-hydroxylation sites is 1. The van der Waals surface area contributed by atoms with E-state index in [0.717, 1.165) is 12.8 Å². The molecule has 1 aliphatic carbocycles. The largest absolute Gasteiger partial charge is 0.457 e. The minimum absolute atomic E-state index is 0.0148. The maximum Gasteiger partial charge on any atom is 0.251 e. The summed E-state index contributed by atoms with van der Waals surface area (Å²) in [5.74, 6) is 0.826. The van der Waals surface area contributed by atoms with Crippen LogP contribution in [0.1, 0.15) is 23.2 Å². The third kappa shape index (κ3) is 4.57. The van der Waals surface area contributed by atoms with Gasteiger partial charge in [-0.15, -0.1) is 0 Å². The van der Waals surface area contributed by atoms with Gasteiger partial charge in [-0.05, 0) is 43.2 Å². The number of nitrogens with one attached hydrogen (secondary N) is 2. The molecule has 3 rings (SSSR count). The predicted octanol–water partition coefficient (Wildman–Crippen LogP) is 2.49. The highest BCUT2D eigenvalue weighted by Gasteiger charge is 2.23. The summed E-state index contributed by atoms with van der Waals surface area (Å²) in [7, 11) is 0. The number of benzene rings is 2. The van der Waals surface area contributed by atoms with Gasteiger partial charge in [0.25, 0.3) is 5.91 Å². The highest BCUT2D eigenvalue weighted by atomic mass is 16.5. The van der Waals surface area contributed by atoms with Crippen LogP contribution in [0.4, 0.5) is 0 Å². The quantitative estimate of drug-likeness (QED) is 0.861. The average molecular weight is 310 g/mol. The number of ether oxygens (including phenoxy) is 1. The Bertz CT molecular complexity index is 696. The van der Waals surface area contributed by atoms with Crippen molar-refractivity contribution in [3.63, 3.8) is 0 Å². The first-order chi connectivity index (χ1) is 11.2. The first-order valence-corrected chi connectivity index (χ1v) is 7.61. The lowest BCUT2D eigenvalue weighted by molar-refractivity contribution is -0.120. The van der Waals surface area contributed by atoms with E-state index in [9.17, 15) is 9.59 Å². The van der Waals surface area contributed by atoms with Gasteiger partial charge in [-0.2, -0.15) is 0 Å². The van der Waals surface area contributed by atoms with Crippen LogP contribution in [0.15, 0.2) is 54.6 Å². The molecule has 118 valence electrons. The van der Waals surface area contributed by atoms with Crippen molar-refractivity contribution in [3.05, 3.63) is 60.2 Å². The first kappa shape index (κ1) is 15.1. The number of rotatable bonds is 6. The zero-order valence-corrected chi connectivity index (χ0v) is 12.6. The van der Waals surface area contributed by atoms with Crippen LogP contribution in [0.5, 0.6) is 11.5 Å². The summed E-state index contributed by atoms with van der Waals surface area (Å²) >= 11 is 0. The molecule has 1 saturated carbocycles. The second kappa shape index (κ2) is 6.96. The van der Waals surface area contributed by atoms with Gasteiger partial charge >= 0.3 is 0 Å². The Hall–Kier alpha value is -2.82. The summed E-state index contributed by atoms with van der Waals surface area (Å²) in [6, 6.07) is 16.5. The number of carbonyl (C=O) groups excluding carboxylic acids is 2. The minimum atomic E-state index is -0.297. The maximum absolute atomic E-state index is 12.1. The molecule has 0 aliphatic heterocycles. The monoisotopic (exact) mass is 310 g/mol. The summed E-state index contributed by atoms with van der Waals surface area (Å²) in [5, 5.41) is 5.44. The molecule has 5 heteroatoms. The van der Waals surface area contributed by atoms with E-state index < -0.39 is 0 Å². The van der Waals surface area contributed by atoms with Gasteiger partial charge in [-0.3, -0.25) is 9.59 Å². The molecule has 0 aromatic heterocycles. The maximum atomic E-state index is 12.1. The zero-order valence-electron chi connectivity index (χ0n) is 12.6. The van der Waals surface area contributed by atoms with Crippen LogP contribution >= 0.6 is 0 Å². The standard InChI is InChI=1S/C18H18N2O3/c21-17(20-14-9-10-14)12-19-18(22)13-5-4-8-16(11-13)23-15-6-2-1-3-7-15/h1-8,11,14H,9-10,12H2,(H,19,22)(H,20,21). The highest BCUT2D eigenvalue weighted by molar-refractivity contribution is 5.96. The molecule has 0 saturated heterocycles. The molecular weight excluding hydrogens is 292 g/mol. The van der Waals surface area contributed by atoms with E-state index in [2.05, 4.69) is 10.6 Å². The smallest absolute Gasteiger partial charge is 0.251 e. The molecule has 23 heavy (non-hydrogen) atoms. The second-order valence-electron chi connectivity index (χ2n) is 5.47. The fourth-order valence-electron chi connectivity index (χ4n) is 2.09. The lowest BCUT2D eigenvalue weighted by Gasteiger charge is -2.08. The van der Waals surface area contributed by atoms with E-state index in [4.69, 9.17) is 4.74 Å². The Labute approximate surface area is 134 Å². The van der Waals surface area contributed by atoms with Crippen molar-refractivity contribution in [1.29, 1.82) is 0 Å². The van der Waals surface area contributed by atoms with Gasteiger partial charge in [0.2, 0.25) is 5.91 Å². The normalized spacial score (nSPS) is 13.2. The lowest BCUT2D eigenvalue weighted by Crippen LogP contribution is -2.37. The molecule has 2 aromatic rings. The van der Waals surface area contributed by atoms with E-state index in [-0.39, 0.29) is 18.4 Å². The molecular formula is C18H18N2O3. The van der Waals surface area contributed by atoms with Crippen molar-refractivity contribution in [3.8, 4) is 11.5 Å². The Balaban J connectivity index is 1.57. The molecule has 0 radical (unpaired) electrons. The van der Waals surface area contributed by atoms with E-state index in [0.29, 0.717) is 23.1 Å². The molecule has 1 fully saturated rings. The molecule has 2 aromatic carbocycles. The van der Waals surface area contributed by atoms with E-state index in [1.54, 1.807) is 24.3 Å². The molecule has 0 unspecified atom stereocenters. The number of carbonyl (C=O) groups is 2. The summed E-state index contributed by atoms with van der Waals surface area (Å²) < 4.78 is 5.70. The highest BCUT2D eigenvalue weighted by Crippen LogP contribution is 2.21. The topological polar surface area (TPSA) is 67.4 Å². The van der Waals surface area contributed by atoms with Crippen LogP contribution in [-0.2, 0) is 4.79 Å². The molecule has 0 heterocycles. The van der Waals surface area contributed by atoms with Crippen molar-refractivity contribution in [2.45, 2.75) is 18.9 Å². The summed E-state index contributed by atoms with van der Waals surface area (Å²) in [6.45, 7) is -0.0148. The molecule has 0 spiro atoms. The van der Waals surface area contributed by atoms with Crippen molar-refractivity contribution in [2.24, 2.45) is 0 Å². The summed E-state index contributed by atoms with van der Waals surface area (Å²) in [4.78, 5) is 23.7. The Kier molecular flexibility index (Phi) is 4.57. The van der Waals surface area contributed by atoms with E-state index >= 15 is 0 Å². The van der Waals surface area contributed by atoms with E-state index in [1.807, 2.05) is 30.3 Å². The predicted molar refractivity (Wildman–Crippen MR) is 86.5 cm³/mol. The number of hydrogen-bond donors (Lipinski definition) is 2. The fraction of sp³-hybridized carbons (Fsp3) is 0.222. The van der Waals surface area contributed by atoms with Crippen LogP contribution in [0.25, 0.3) is 0 Å². The number of amides is 2. The van der Waals surface area contributed by atoms with Crippen LogP contribution in [0.3, 0.4) is 0 Å². The Morgan fingerprint density at radius 3 is 2.48 bits per heavy atom. The summed E-state index contributed by atoms with van der Waals surface area (Å²) in [6.07, 6.45) is 2.05. The zero-order chi connectivity index (χ0) is 16.1. The molecule has 2 amide bonds. The van der Waals surface area contributed by atoms with Crippen LogP contribution in [0.2, 0.25) is 0 Å². The van der Waals surface area contributed by atoms with Crippen molar-refractivity contribution < 1.29 is 14.3 Å². The van der Waals surface area contributed by atoms with Crippen molar-refractivity contribution in [2.75, 3.05) is 6.54 Å². The van der Waals surface area contributed by atoms with Gasteiger partial charge in [0.05, 0.1) is 6.54 Å². The molecule has 2 N–H and O–H groups in total. The average Bonchev–Trinajstić information content (AvgIpc) is 3.38. The molecule has 1 aliphatic rings. The second-order valence-corrected chi connectivity index (χ2v) is 5.47. The van der Waals surface area contributed by atoms with Gasteiger partial charge < -0.3 is 15.4 Å².